The van der Waals surface area contributed by atoms with Crippen LogP contribution in [-0.4, -0.2) is 47.8 Å². The molecule has 4 rings (SSSR count). The quantitative estimate of drug-likeness (QED) is 0.868. The Bertz CT molecular complexity index is 688. The predicted molar refractivity (Wildman–Crippen MR) is 86.4 cm³/mol. The number of amides is 2. The van der Waals surface area contributed by atoms with Gasteiger partial charge < -0.3 is 14.2 Å². The first-order chi connectivity index (χ1) is 11.2. The van der Waals surface area contributed by atoms with Crippen molar-refractivity contribution < 1.29 is 14.0 Å². The summed E-state index contributed by atoms with van der Waals surface area (Å²) in [5.74, 6) is 1.06. The van der Waals surface area contributed by atoms with Crippen molar-refractivity contribution in [2.45, 2.75) is 12.3 Å². The first kappa shape index (κ1) is 14.5. The Labute approximate surface area is 138 Å². The molecule has 0 N–H and O–H groups in total. The van der Waals surface area contributed by atoms with Gasteiger partial charge >= 0.3 is 0 Å². The Hall–Kier alpha value is -2.08. The number of nitrogens with zero attached hydrogens (tertiary/aromatic N) is 2. The van der Waals surface area contributed by atoms with E-state index in [-0.39, 0.29) is 17.7 Å². The van der Waals surface area contributed by atoms with Gasteiger partial charge in [0, 0.05) is 42.9 Å². The number of rotatable bonds is 3. The van der Waals surface area contributed by atoms with E-state index in [0.717, 1.165) is 6.42 Å². The lowest BCUT2D eigenvalue weighted by molar-refractivity contribution is -0.134. The standard InChI is InChI=1S/C17H18N2O3S/c20-16(13-11-12(13)15-4-2-10-23-15)18-5-7-19(8-6-18)17(21)14-3-1-9-22-14/h1-4,9-10,12-13H,5-8,11H2/t12?,13-/m1/s1. The number of carbonyl (C=O) groups is 2. The second-order valence-corrected chi connectivity index (χ2v) is 7.04. The molecular weight excluding hydrogens is 312 g/mol. The summed E-state index contributed by atoms with van der Waals surface area (Å²) in [7, 11) is 0. The molecule has 1 unspecified atom stereocenters. The lowest BCUT2D eigenvalue weighted by Crippen LogP contribution is -2.51. The van der Waals surface area contributed by atoms with Crippen LogP contribution in [0.1, 0.15) is 27.8 Å². The van der Waals surface area contributed by atoms with Gasteiger partial charge in [0.25, 0.3) is 5.91 Å². The normalized spacial score (nSPS) is 23.8. The van der Waals surface area contributed by atoms with Gasteiger partial charge in [-0.1, -0.05) is 6.07 Å². The minimum Gasteiger partial charge on any atom is -0.459 e. The van der Waals surface area contributed by atoms with Crippen molar-refractivity contribution in [3.63, 3.8) is 0 Å². The van der Waals surface area contributed by atoms with Crippen LogP contribution in [0, 0.1) is 5.92 Å². The van der Waals surface area contributed by atoms with Crippen molar-refractivity contribution in [3.05, 3.63) is 46.5 Å². The zero-order valence-electron chi connectivity index (χ0n) is 12.7. The SMILES string of the molecule is O=C(c1ccco1)N1CCN(C(=O)[C@@H]2CC2c2cccs2)CC1. The second kappa shape index (κ2) is 5.85. The fraction of sp³-hybridized carbons (Fsp3) is 0.412. The molecule has 2 aliphatic rings. The fourth-order valence-electron chi connectivity index (χ4n) is 3.21. The van der Waals surface area contributed by atoms with Gasteiger partial charge in [0.05, 0.1) is 6.26 Å². The minimum atomic E-state index is -0.0926. The van der Waals surface area contributed by atoms with Gasteiger partial charge in [-0.05, 0) is 30.0 Å². The second-order valence-electron chi connectivity index (χ2n) is 6.06. The van der Waals surface area contributed by atoms with Gasteiger partial charge in [-0.2, -0.15) is 0 Å². The number of furan rings is 1. The van der Waals surface area contributed by atoms with Gasteiger partial charge in [0.1, 0.15) is 0 Å². The van der Waals surface area contributed by atoms with Gasteiger partial charge in [-0.15, -0.1) is 11.3 Å². The van der Waals surface area contributed by atoms with Crippen molar-refractivity contribution in [3.8, 4) is 0 Å². The third kappa shape index (κ3) is 2.79. The maximum absolute atomic E-state index is 12.6. The van der Waals surface area contributed by atoms with Crippen LogP contribution >= 0.6 is 11.3 Å². The Kier molecular flexibility index (Phi) is 3.69. The topological polar surface area (TPSA) is 53.8 Å². The number of carbonyl (C=O) groups excluding carboxylic acids is 2. The van der Waals surface area contributed by atoms with E-state index in [0.29, 0.717) is 37.9 Å². The first-order valence-corrected chi connectivity index (χ1v) is 8.77. The molecule has 2 fully saturated rings. The maximum atomic E-state index is 12.6. The minimum absolute atomic E-state index is 0.0926. The highest BCUT2D eigenvalue weighted by molar-refractivity contribution is 7.10. The molecule has 2 amide bonds. The average Bonchev–Trinajstić information content (AvgIpc) is 3.00. The summed E-state index contributed by atoms with van der Waals surface area (Å²) in [4.78, 5) is 29.8. The van der Waals surface area contributed by atoms with Crippen molar-refractivity contribution in [1.29, 1.82) is 0 Å². The molecule has 5 nitrogen and oxygen atoms in total. The van der Waals surface area contributed by atoms with Gasteiger partial charge in [-0.25, -0.2) is 0 Å². The molecule has 2 aromatic rings. The molecule has 0 radical (unpaired) electrons. The summed E-state index contributed by atoms with van der Waals surface area (Å²) in [5, 5.41) is 2.06. The van der Waals surface area contributed by atoms with Crippen LogP contribution in [0.5, 0.6) is 0 Å². The van der Waals surface area contributed by atoms with Crippen molar-refractivity contribution in [1.82, 2.24) is 9.80 Å². The highest BCUT2D eigenvalue weighted by Gasteiger charge is 2.46. The largest absolute Gasteiger partial charge is 0.459 e. The van der Waals surface area contributed by atoms with Crippen LogP contribution in [0.3, 0.4) is 0 Å². The molecule has 6 heteroatoms. The van der Waals surface area contributed by atoms with E-state index in [1.807, 2.05) is 11.0 Å². The molecular formula is C17H18N2O3S. The molecule has 23 heavy (non-hydrogen) atoms. The zero-order chi connectivity index (χ0) is 15.8. The zero-order valence-corrected chi connectivity index (χ0v) is 13.5. The third-order valence-corrected chi connectivity index (χ3v) is 5.63. The Balaban J connectivity index is 1.32. The molecule has 0 bridgehead atoms. The molecule has 3 heterocycles. The number of piperazine rings is 1. The number of hydrogen-bond donors (Lipinski definition) is 0. The monoisotopic (exact) mass is 330 g/mol. The van der Waals surface area contributed by atoms with Gasteiger partial charge in [0.15, 0.2) is 5.76 Å². The lowest BCUT2D eigenvalue weighted by atomic mass is 10.2. The number of thiophene rings is 1. The summed E-state index contributed by atoms with van der Waals surface area (Å²) in [5.41, 5.74) is 0. The Morgan fingerprint density at radius 2 is 1.87 bits per heavy atom. The molecule has 0 aromatic carbocycles. The van der Waals surface area contributed by atoms with E-state index in [2.05, 4.69) is 11.4 Å². The van der Waals surface area contributed by atoms with E-state index in [1.54, 1.807) is 28.4 Å². The van der Waals surface area contributed by atoms with Gasteiger partial charge in [0.2, 0.25) is 5.91 Å². The summed E-state index contributed by atoms with van der Waals surface area (Å²) < 4.78 is 5.16. The predicted octanol–water partition coefficient (Wildman–Crippen LogP) is 2.43. The van der Waals surface area contributed by atoms with E-state index in [9.17, 15) is 9.59 Å². The highest BCUT2D eigenvalue weighted by Crippen LogP contribution is 2.50. The van der Waals surface area contributed by atoms with Crippen LogP contribution in [0.15, 0.2) is 40.3 Å². The smallest absolute Gasteiger partial charge is 0.289 e. The highest BCUT2D eigenvalue weighted by atomic mass is 32.1. The van der Waals surface area contributed by atoms with Gasteiger partial charge in [-0.3, -0.25) is 9.59 Å². The van der Waals surface area contributed by atoms with Crippen LogP contribution in [0.2, 0.25) is 0 Å². The summed E-state index contributed by atoms with van der Waals surface area (Å²) in [6.07, 6.45) is 2.47. The lowest BCUT2D eigenvalue weighted by Gasteiger charge is -2.34. The maximum Gasteiger partial charge on any atom is 0.289 e. The molecule has 2 atom stereocenters. The molecule has 1 aliphatic heterocycles. The summed E-state index contributed by atoms with van der Waals surface area (Å²) in [6.45, 7) is 2.36. The van der Waals surface area contributed by atoms with Crippen LogP contribution < -0.4 is 0 Å². The van der Waals surface area contributed by atoms with E-state index in [1.165, 1.54) is 11.1 Å². The summed E-state index contributed by atoms with van der Waals surface area (Å²) in [6, 6.07) is 7.54. The first-order valence-electron chi connectivity index (χ1n) is 7.89. The fourth-order valence-corrected chi connectivity index (χ4v) is 4.11. The number of hydrogen-bond acceptors (Lipinski definition) is 4. The van der Waals surface area contributed by atoms with Crippen LogP contribution in [0.25, 0.3) is 0 Å². The molecule has 1 aliphatic carbocycles. The molecule has 120 valence electrons. The molecule has 0 spiro atoms. The Morgan fingerprint density at radius 3 is 2.52 bits per heavy atom. The van der Waals surface area contributed by atoms with E-state index >= 15 is 0 Å². The van der Waals surface area contributed by atoms with Crippen molar-refractivity contribution in [2.24, 2.45) is 5.92 Å². The Morgan fingerprint density at radius 1 is 1.09 bits per heavy atom. The van der Waals surface area contributed by atoms with Crippen molar-refractivity contribution in [2.75, 3.05) is 26.2 Å². The van der Waals surface area contributed by atoms with E-state index < -0.39 is 0 Å². The van der Waals surface area contributed by atoms with Crippen LogP contribution in [0.4, 0.5) is 0 Å². The van der Waals surface area contributed by atoms with Crippen molar-refractivity contribution >= 4 is 23.2 Å². The molecule has 1 saturated carbocycles. The summed E-state index contributed by atoms with van der Waals surface area (Å²) >= 11 is 1.73. The van der Waals surface area contributed by atoms with E-state index in [4.69, 9.17) is 4.42 Å². The molecule has 2 aromatic heterocycles. The van der Waals surface area contributed by atoms with Crippen LogP contribution in [-0.2, 0) is 4.79 Å². The molecule has 1 saturated heterocycles. The third-order valence-electron chi connectivity index (χ3n) is 4.63. The average molecular weight is 330 g/mol.